The highest BCUT2D eigenvalue weighted by atomic mass is 16.6. The summed E-state index contributed by atoms with van der Waals surface area (Å²) in [7, 11) is 0. The van der Waals surface area contributed by atoms with Crippen molar-refractivity contribution in [3.63, 3.8) is 0 Å². The van der Waals surface area contributed by atoms with E-state index in [0.717, 1.165) is 24.4 Å². The fraction of sp³-hybridized carbons (Fsp3) is 0.700. The molecular formula is C20H33N5O5. The molecule has 1 aliphatic heterocycles. The van der Waals surface area contributed by atoms with Crippen LogP contribution in [0, 0.1) is 0 Å². The summed E-state index contributed by atoms with van der Waals surface area (Å²) in [5, 5.41) is 12.6. The number of nitrogens with zero attached hydrogens (tertiary/aromatic N) is 4. The molecule has 0 saturated carbocycles. The lowest BCUT2D eigenvalue weighted by Crippen LogP contribution is -2.52. The molecule has 10 heteroatoms. The number of hydrogen-bond acceptors (Lipinski definition) is 9. The summed E-state index contributed by atoms with van der Waals surface area (Å²) in [6, 6.07) is -0.0254. The monoisotopic (exact) mass is 423 g/mol. The number of amides is 2. The molecule has 0 bridgehead atoms. The summed E-state index contributed by atoms with van der Waals surface area (Å²) in [6.45, 7) is 9.46. The highest BCUT2D eigenvalue weighted by Gasteiger charge is 2.29. The van der Waals surface area contributed by atoms with Gasteiger partial charge in [0.05, 0.1) is 19.8 Å². The molecule has 1 aliphatic rings. The molecule has 0 aromatic carbocycles. The van der Waals surface area contributed by atoms with Crippen LogP contribution in [0.1, 0.15) is 46.1 Å². The number of nitrogens with one attached hydrogen (secondary N) is 1. The van der Waals surface area contributed by atoms with Crippen molar-refractivity contribution in [2.75, 3.05) is 37.7 Å². The van der Waals surface area contributed by atoms with Crippen molar-refractivity contribution in [2.24, 2.45) is 0 Å². The minimum atomic E-state index is -0.777. The highest BCUT2D eigenvalue weighted by Crippen LogP contribution is 2.15. The van der Waals surface area contributed by atoms with Gasteiger partial charge in [0.15, 0.2) is 0 Å². The Hall–Kier alpha value is -2.46. The van der Waals surface area contributed by atoms with E-state index >= 15 is 0 Å². The molecule has 10 nitrogen and oxygen atoms in total. The molecule has 0 spiro atoms. The first-order valence-electron chi connectivity index (χ1n) is 10.3. The van der Waals surface area contributed by atoms with Crippen LogP contribution >= 0.6 is 0 Å². The summed E-state index contributed by atoms with van der Waals surface area (Å²) >= 11 is 0. The zero-order chi connectivity index (χ0) is 22.1. The molecule has 0 aliphatic carbocycles. The molecule has 30 heavy (non-hydrogen) atoms. The van der Waals surface area contributed by atoms with Gasteiger partial charge in [0, 0.05) is 43.6 Å². The molecule has 0 unspecified atom stereocenters. The molecule has 2 amide bonds. The number of imide groups is 1. The molecule has 2 heterocycles. The van der Waals surface area contributed by atoms with Crippen molar-refractivity contribution < 1.29 is 24.2 Å². The predicted molar refractivity (Wildman–Crippen MR) is 111 cm³/mol. The minimum absolute atomic E-state index is 0.0254. The van der Waals surface area contributed by atoms with Crippen molar-refractivity contribution in [3.05, 3.63) is 18.0 Å². The normalized spacial score (nSPS) is 16.8. The summed E-state index contributed by atoms with van der Waals surface area (Å²) < 4.78 is 10.6. The number of unbranched alkanes of at least 4 members (excludes halogenated alkanes) is 1. The van der Waals surface area contributed by atoms with Gasteiger partial charge in [0.25, 0.3) is 0 Å². The van der Waals surface area contributed by atoms with Gasteiger partial charge in [-0.15, -0.1) is 0 Å². The van der Waals surface area contributed by atoms with E-state index in [-0.39, 0.29) is 25.8 Å². The number of carbonyl (C=O) groups is 2. The number of carbonyl (C=O) groups excluding carboxylic acids is 2. The predicted octanol–water partition coefficient (Wildman–Crippen LogP) is 1.92. The SMILES string of the molecule is CCCCOC(=O)N(Cc1cnc(N2CCN[C@H](CO)C2)nc1)C(=O)OC(C)(C)C. The zero-order valence-corrected chi connectivity index (χ0v) is 18.3. The lowest BCUT2D eigenvalue weighted by Gasteiger charge is -2.32. The standard InChI is InChI=1S/C20H33N5O5/c1-5-6-9-29-18(27)25(19(28)30-20(2,3)4)12-15-10-22-17(23-11-15)24-8-7-21-16(13-24)14-26/h10-11,16,21,26H,5-9,12-14H2,1-4H3/t16-/m0/s1. The first kappa shape index (κ1) is 23.8. The lowest BCUT2D eigenvalue weighted by atomic mass is 10.2. The number of aromatic nitrogens is 2. The molecule has 1 saturated heterocycles. The van der Waals surface area contributed by atoms with Gasteiger partial charge in [0.1, 0.15) is 5.60 Å². The largest absolute Gasteiger partial charge is 0.449 e. The van der Waals surface area contributed by atoms with Gasteiger partial charge < -0.3 is 24.8 Å². The number of anilines is 1. The minimum Gasteiger partial charge on any atom is -0.449 e. The molecule has 1 aromatic rings. The fourth-order valence-corrected chi connectivity index (χ4v) is 2.81. The van der Waals surface area contributed by atoms with Gasteiger partial charge in [-0.2, -0.15) is 0 Å². The van der Waals surface area contributed by atoms with E-state index < -0.39 is 17.8 Å². The van der Waals surface area contributed by atoms with E-state index in [4.69, 9.17) is 9.47 Å². The third-order valence-electron chi connectivity index (χ3n) is 4.35. The first-order valence-corrected chi connectivity index (χ1v) is 10.3. The average Bonchev–Trinajstić information content (AvgIpc) is 2.71. The molecule has 2 rings (SSSR count). The van der Waals surface area contributed by atoms with Crippen LogP contribution in [0.3, 0.4) is 0 Å². The van der Waals surface area contributed by atoms with Gasteiger partial charge in [0.2, 0.25) is 5.95 Å². The van der Waals surface area contributed by atoms with Gasteiger partial charge in [-0.05, 0) is 27.2 Å². The van der Waals surface area contributed by atoms with Crippen molar-refractivity contribution >= 4 is 18.1 Å². The average molecular weight is 424 g/mol. The zero-order valence-electron chi connectivity index (χ0n) is 18.3. The molecule has 0 radical (unpaired) electrons. The van der Waals surface area contributed by atoms with E-state index in [1.165, 1.54) is 0 Å². The number of aliphatic hydroxyl groups excluding tert-OH is 1. The second-order valence-corrected chi connectivity index (χ2v) is 8.21. The fourth-order valence-electron chi connectivity index (χ4n) is 2.81. The number of hydrogen-bond donors (Lipinski definition) is 2. The Morgan fingerprint density at radius 2 is 2.00 bits per heavy atom. The van der Waals surface area contributed by atoms with E-state index in [1.54, 1.807) is 33.2 Å². The van der Waals surface area contributed by atoms with Crippen molar-refractivity contribution in [1.29, 1.82) is 0 Å². The second kappa shape index (κ2) is 11.1. The van der Waals surface area contributed by atoms with Crippen LogP contribution in [0.15, 0.2) is 12.4 Å². The summed E-state index contributed by atoms with van der Waals surface area (Å²) in [5.41, 5.74) is -0.170. The molecule has 2 N–H and O–H groups in total. The summed E-state index contributed by atoms with van der Waals surface area (Å²) in [4.78, 5) is 36.6. The Balaban J connectivity index is 2.08. The van der Waals surface area contributed by atoms with Gasteiger partial charge in [-0.1, -0.05) is 13.3 Å². The number of ether oxygens (including phenoxy) is 2. The summed E-state index contributed by atoms with van der Waals surface area (Å²) in [6.07, 6.45) is 3.21. The second-order valence-electron chi connectivity index (χ2n) is 8.21. The Morgan fingerprint density at radius 3 is 2.60 bits per heavy atom. The van der Waals surface area contributed by atoms with Gasteiger partial charge in [-0.3, -0.25) is 0 Å². The van der Waals surface area contributed by atoms with Crippen molar-refractivity contribution in [3.8, 4) is 0 Å². The number of aliphatic hydroxyl groups is 1. The van der Waals surface area contributed by atoms with Crippen molar-refractivity contribution in [2.45, 2.75) is 58.7 Å². The van der Waals surface area contributed by atoms with Crippen molar-refractivity contribution in [1.82, 2.24) is 20.2 Å². The van der Waals surface area contributed by atoms with Crippen LogP contribution in [0.25, 0.3) is 0 Å². The van der Waals surface area contributed by atoms with E-state index in [9.17, 15) is 14.7 Å². The maximum absolute atomic E-state index is 12.5. The third-order valence-corrected chi connectivity index (χ3v) is 4.35. The topological polar surface area (TPSA) is 117 Å². The van der Waals surface area contributed by atoms with E-state index in [0.29, 0.717) is 24.5 Å². The van der Waals surface area contributed by atoms with Crippen LogP contribution in [0.4, 0.5) is 15.5 Å². The maximum atomic E-state index is 12.5. The van der Waals surface area contributed by atoms with Gasteiger partial charge >= 0.3 is 12.2 Å². The molecular weight excluding hydrogens is 390 g/mol. The lowest BCUT2D eigenvalue weighted by molar-refractivity contribution is 0.0202. The molecule has 1 atom stereocenters. The van der Waals surface area contributed by atoms with Crippen LogP contribution in [0.5, 0.6) is 0 Å². The Morgan fingerprint density at radius 1 is 1.30 bits per heavy atom. The van der Waals surface area contributed by atoms with Crippen LogP contribution in [-0.2, 0) is 16.0 Å². The van der Waals surface area contributed by atoms with Crippen LogP contribution < -0.4 is 10.2 Å². The number of piperazine rings is 1. The molecule has 1 fully saturated rings. The summed E-state index contributed by atoms with van der Waals surface area (Å²) in [5.74, 6) is 0.535. The molecule has 168 valence electrons. The van der Waals surface area contributed by atoms with Gasteiger partial charge in [-0.25, -0.2) is 24.5 Å². The number of rotatable bonds is 7. The van der Waals surface area contributed by atoms with Crippen LogP contribution in [0.2, 0.25) is 0 Å². The van der Waals surface area contributed by atoms with E-state index in [1.807, 2.05) is 11.8 Å². The Labute approximate surface area is 177 Å². The Bertz CT molecular complexity index is 692. The highest BCUT2D eigenvalue weighted by molar-refractivity contribution is 5.87. The molecule has 1 aromatic heterocycles. The maximum Gasteiger partial charge on any atom is 0.420 e. The quantitative estimate of drug-likeness (QED) is 0.634. The van der Waals surface area contributed by atoms with Crippen LogP contribution in [-0.4, -0.2) is 76.7 Å². The third kappa shape index (κ3) is 7.42. The van der Waals surface area contributed by atoms with E-state index in [2.05, 4.69) is 15.3 Å². The first-order chi connectivity index (χ1) is 14.2. The Kier molecular flexibility index (Phi) is 8.79. The smallest absolute Gasteiger partial charge is 0.420 e.